The standard InChI is InChI=1S/C14H27NO2/c16-9-5-13-4-8-15(10-13)11-14(12-17)6-2-1-3-7-14/h13,16-17H,1-12H2. The van der Waals surface area contributed by atoms with Gasteiger partial charge in [0.1, 0.15) is 0 Å². The van der Waals surface area contributed by atoms with E-state index in [1.54, 1.807) is 0 Å². The summed E-state index contributed by atoms with van der Waals surface area (Å²) in [5.41, 5.74) is 0.187. The van der Waals surface area contributed by atoms with Crippen LogP contribution in [0.3, 0.4) is 0 Å². The molecule has 2 fully saturated rings. The predicted octanol–water partition coefficient (Wildman–Crippen LogP) is 1.63. The summed E-state index contributed by atoms with van der Waals surface area (Å²) in [4.78, 5) is 2.52. The van der Waals surface area contributed by atoms with E-state index in [-0.39, 0.29) is 5.41 Å². The number of likely N-dealkylation sites (tertiary alicyclic amines) is 1. The molecule has 0 aromatic rings. The maximum absolute atomic E-state index is 9.70. The molecule has 1 aliphatic heterocycles. The number of rotatable bonds is 5. The zero-order valence-corrected chi connectivity index (χ0v) is 10.9. The van der Waals surface area contributed by atoms with E-state index in [4.69, 9.17) is 5.11 Å². The summed E-state index contributed by atoms with van der Waals surface area (Å²) < 4.78 is 0. The highest BCUT2D eigenvalue weighted by Gasteiger charge is 2.35. The van der Waals surface area contributed by atoms with Crippen molar-refractivity contribution in [3.8, 4) is 0 Å². The highest BCUT2D eigenvalue weighted by molar-refractivity contribution is 4.88. The van der Waals surface area contributed by atoms with Crippen LogP contribution < -0.4 is 0 Å². The van der Waals surface area contributed by atoms with Crippen molar-refractivity contribution in [2.75, 3.05) is 32.8 Å². The Hall–Kier alpha value is -0.120. The maximum Gasteiger partial charge on any atom is 0.0499 e. The molecule has 2 rings (SSSR count). The second-order valence-electron chi connectivity index (χ2n) is 6.12. The van der Waals surface area contributed by atoms with Gasteiger partial charge in [0, 0.05) is 31.7 Å². The van der Waals surface area contributed by atoms with Crippen molar-refractivity contribution in [2.45, 2.75) is 44.9 Å². The minimum atomic E-state index is 0.187. The number of aliphatic hydroxyl groups is 2. The molecule has 1 unspecified atom stereocenters. The maximum atomic E-state index is 9.70. The fourth-order valence-corrected chi connectivity index (χ4v) is 3.62. The minimum absolute atomic E-state index is 0.187. The Morgan fingerprint density at radius 2 is 1.88 bits per heavy atom. The third-order valence-corrected chi connectivity index (χ3v) is 4.72. The summed E-state index contributed by atoms with van der Waals surface area (Å²) in [5, 5.41) is 18.7. The van der Waals surface area contributed by atoms with Gasteiger partial charge in [-0.2, -0.15) is 0 Å². The van der Waals surface area contributed by atoms with Crippen LogP contribution in [0.1, 0.15) is 44.9 Å². The molecule has 1 heterocycles. The van der Waals surface area contributed by atoms with Gasteiger partial charge in [-0.25, -0.2) is 0 Å². The fraction of sp³-hybridized carbons (Fsp3) is 1.00. The lowest BCUT2D eigenvalue weighted by molar-refractivity contribution is 0.0464. The van der Waals surface area contributed by atoms with Crippen LogP contribution in [-0.2, 0) is 0 Å². The Morgan fingerprint density at radius 1 is 1.12 bits per heavy atom. The number of aliphatic hydroxyl groups excluding tert-OH is 2. The molecule has 0 bridgehead atoms. The third kappa shape index (κ3) is 3.43. The van der Waals surface area contributed by atoms with Gasteiger partial charge in [0.2, 0.25) is 0 Å². The summed E-state index contributed by atoms with van der Waals surface area (Å²) in [7, 11) is 0. The molecule has 0 aromatic heterocycles. The zero-order chi connectivity index (χ0) is 12.1. The first kappa shape index (κ1) is 13.3. The number of hydrogen-bond acceptors (Lipinski definition) is 3. The molecule has 3 nitrogen and oxygen atoms in total. The normalized spacial score (nSPS) is 29.6. The minimum Gasteiger partial charge on any atom is -0.396 e. The van der Waals surface area contributed by atoms with E-state index >= 15 is 0 Å². The molecule has 100 valence electrons. The van der Waals surface area contributed by atoms with Gasteiger partial charge in [-0.05, 0) is 38.1 Å². The lowest BCUT2D eigenvalue weighted by atomic mass is 9.74. The van der Waals surface area contributed by atoms with Gasteiger partial charge in [0.05, 0.1) is 0 Å². The van der Waals surface area contributed by atoms with E-state index in [1.807, 2.05) is 0 Å². The smallest absolute Gasteiger partial charge is 0.0499 e. The highest BCUT2D eigenvalue weighted by Crippen LogP contribution is 2.37. The van der Waals surface area contributed by atoms with Crippen LogP contribution in [0.15, 0.2) is 0 Å². The van der Waals surface area contributed by atoms with Gasteiger partial charge in [0.25, 0.3) is 0 Å². The average molecular weight is 241 g/mol. The molecule has 0 aromatic carbocycles. The van der Waals surface area contributed by atoms with Crippen molar-refractivity contribution in [1.29, 1.82) is 0 Å². The van der Waals surface area contributed by atoms with E-state index in [1.165, 1.54) is 38.5 Å². The van der Waals surface area contributed by atoms with E-state index < -0.39 is 0 Å². The molecule has 2 N–H and O–H groups in total. The highest BCUT2D eigenvalue weighted by atomic mass is 16.3. The van der Waals surface area contributed by atoms with Crippen molar-refractivity contribution in [3.63, 3.8) is 0 Å². The number of nitrogens with zero attached hydrogens (tertiary/aromatic N) is 1. The van der Waals surface area contributed by atoms with E-state index in [0.29, 0.717) is 19.1 Å². The molecule has 1 aliphatic carbocycles. The Morgan fingerprint density at radius 3 is 2.53 bits per heavy atom. The Bertz CT molecular complexity index is 226. The van der Waals surface area contributed by atoms with Crippen LogP contribution in [0.2, 0.25) is 0 Å². The van der Waals surface area contributed by atoms with Gasteiger partial charge in [-0.15, -0.1) is 0 Å². The summed E-state index contributed by atoms with van der Waals surface area (Å²) in [6.07, 6.45) is 8.48. The summed E-state index contributed by atoms with van der Waals surface area (Å²) in [5.74, 6) is 0.680. The van der Waals surface area contributed by atoms with Crippen molar-refractivity contribution >= 4 is 0 Å². The van der Waals surface area contributed by atoms with Gasteiger partial charge < -0.3 is 15.1 Å². The zero-order valence-electron chi connectivity index (χ0n) is 10.9. The first-order valence-electron chi connectivity index (χ1n) is 7.22. The summed E-state index contributed by atoms with van der Waals surface area (Å²) in [6, 6.07) is 0. The second-order valence-corrected chi connectivity index (χ2v) is 6.12. The fourth-order valence-electron chi connectivity index (χ4n) is 3.62. The Balaban J connectivity index is 1.83. The van der Waals surface area contributed by atoms with E-state index in [9.17, 15) is 5.11 Å². The van der Waals surface area contributed by atoms with Gasteiger partial charge in [-0.3, -0.25) is 0 Å². The number of hydrogen-bond donors (Lipinski definition) is 2. The lowest BCUT2D eigenvalue weighted by Crippen LogP contribution is -2.40. The first-order chi connectivity index (χ1) is 8.28. The van der Waals surface area contributed by atoms with Crippen molar-refractivity contribution < 1.29 is 10.2 Å². The predicted molar refractivity (Wildman–Crippen MR) is 68.9 cm³/mol. The molecular formula is C14H27NO2. The molecular weight excluding hydrogens is 214 g/mol. The average Bonchev–Trinajstić information content (AvgIpc) is 2.78. The summed E-state index contributed by atoms with van der Waals surface area (Å²) >= 11 is 0. The Kier molecular flexibility index (Phi) is 4.83. The van der Waals surface area contributed by atoms with Crippen LogP contribution in [0.4, 0.5) is 0 Å². The molecule has 1 saturated carbocycles. The van der Waals surface area contributed by atoms with Crippen LogP contribution >= 0.6 is 0 Å². The molecule has 3 heteroatoms. The van der Waals surface area contributed by atoms with Gasteiger partial charge in [0.15, 0.2) is 0 Å². The van der Waals surface area contributed by atoms with E-state index in [2.05, 4.69) is 4.90 Å². The molecule has 1 atom stereocenters. The van der Waals surface area contributed by atoms with Crippen LogP contribution in [0.25, 0.3) is 0 Å². The topological polar surface area (TPSA) is 43.7 Å². The van der Waals surface area contributed by atoms with Gasteiger partial charge >= 0.3 is 0 Å². The quantitative estimate of drug-likeness (QED) is 0.769. The van der Waals surface area contributed by atoms with Crippen LogP contribution in [0, 0.1) is 11.3 Å². The van der Waals surface area contributed by atoms with Crippen molar-refractivity contribution in [1.82, 2.24) is 4.90 Å². The molecule has 2 aliphatic rings. The monoisotopic (exact) mass is 241 g/mol. The first-order valence-corrected chi connectivity index (χ1v) is 7.22. The second kappa shape index (κ2) is 6.17. The molecule has 0 amide bonds. The summed E-state index contributed by atoms with van der Waals surface area (Å²) in [6.45, 7) is 4.04. The van der Waals surface area contributed by atoms with Crippen LogP contribution in [0.5, 0.6) is 0 Å². The van der Waals surface area contributed by atoms with Crippen molar-refractivity contribution in [3.05, 3.63) is 0 Å². The molecule has 0 radical (unpaired) electrons. The van der Waals surface area contributed by atoms with Crippen molar-refractivity contribution in [2.24, 2.45) is 11.3 Å². The largest absolute Gasteiger partial charge is 0.396 e. The van der Waals surface area contributed by atoms with Gasteiger partial charge in [-0.1, -0.05) is 19.3 Å². The SMILES string of the molecule is OCCC1CCN(CC2(CO)CCCCC2)C1. The molecule has 0 spiro atoms. The van der Waals surface area contributed by atoms with E-state index in [0.717, 1.165) is 26.1 Å². The lowest BCUT2D eigenvalue weighted by Gasteiger charge is -2.38. The Labute approximate surface area is 105 Å². The van der Waals surface area contributed by atoms with Crippen LogP contribution in [-0.4, -0.2) is 48.0 Å². The molecule has 1 saturated heterocycles. The molecule has 17 heavy (non-hydrogen) atoms. The third-order valence-electron chi connectivity index (χ3n) is 4.72.